The van der Waals surface area contributed by atoms with Crippen LogP contribution in [0.25, 0.3) is 0 Å². The molecule has 158 valence electrons. The SMILES string of the molecule is CCN1CC2(CC(NC(O)[C@@H]3CC[C@@H]4CN3C(=O)N4OCc3ccccc3)C2)C1. The number of aliphatic hydroxyl groups excluding tert-OH is 1. The van der Waals surface area contributed by atoms with E-state index in [2.05, 4.69) is 17.1 Å². The number of carbonyl (C=O) groups is 1. The molecule has 3 atom stereocenters. The number of carbonyl (C=O) groups excluding carboxylic acids is 1. The van der Waals surface area contributed by atoms with Crippen molar-refractivity contribution in [1.29, 1.82) is 0 Å². The minimum atomic E-state index is -0.668. The summed E-state index contributed by atoms with van der Waals surface area (Å²) in [6, 6.07) is 10.1. The Balaban J connectivity index is 1.13. The molecule has 1 aromatic carbocycles. The third-order valence-electron chi connectivity index (χ3n) is 7.28. The summed E-state index contributed by atoms with van der Waals surface area (Å²) in [6.45, 7) is 6.76. The molecule has 1 spiro atoms. The minimum absolute atomic E-state index is 0.0802. The maximum Gasteiger partial charge on any atom is 0.344 e. The number of hydrogen-bond acceptors (Lipinski definition) is 5. The van der Waals surface area contributed by atoms with Gasteiger partial charge in [0.15, 0.2) is 0 Å². The first-order chi connectivity index (χ1) is 14.1. The molecule has 2 bridgehead atoms. The average molecular weight is 401 g/mol. The van der Waals surface area contributed by atoms with Crippen LogP contribution in [0, 0.1) is 5.41 Å². The van der Waals surface area contributed by atoms with E-state index in [0.29, 0.717) is 24.6 Å². The molecule has 7 nitrogen and oxygen atoms in total. The molecule has 2 amide bonds. The molecule has 1 aliphatic carbocycles. The maximum atomic E-state index is 12.9. The first-order valence-electron chi connectivity index (χ1n) is 11.0. The highest BCUT2D eigenvalue weighted by atomic mass is 16.7. The fraction of sp³-hybridized carbons (Fsp3) is 0.682. The molecule has 0 aromatic heterocycles. The van der Waals surface area contributed by atoms with Gasteiger partial charge in [0.1, 0.15) is 12.8 Å². The van der Waals surface area contributed by atoms with Gasteiger partial charge in [-0.15, -0.1) is 0 Å². The van der Waals surface area contributed by atoms with E-state index in [1.54, 1.807) is 4.90 Å². The highest BCUT2D eigenvalue weighted by Crippen LogP contribution is 2.48. The zero-order valence-corrected chi connectivity index (χ0v) is 17.2. The van der Waals surface area contributed by atoms with E-state index in [1.807, 2.05) is 30.3 Å². The smallest absolute Gasteiger partial charge is 0.344 e. The zero-order chi connectivity index (χ0) is 20.0. The lowest BCUT2D eigenvalue weighted by atomic mass is 9.60. The van der Waals surface area contributed by atoms with E-state index >= 15 is 0 Å². The molecule has 2 N–H and O–H groups in total. The summed E-state index contributed by atoms with van der Waals surface area (Å²) in [5.74, 6) is 0. The Hall–Kier alpha value is -1.67. The number of urea groups is 1. The largest absolute Gasteiger partial charge is 0.376 e. The number of benzene rings is 1. The normalized spacial score (nSPS) is 29.8. The quantitative estimate of drug-likeness (QED) is 0.683. The van der Waals surface area contributed by atoms with Crippen molar-refractivity contribution in [2.75, 3.05) is 26.2 Å². The predicted molar refractivity (Wildman–Crippen MR) is 109 cm³/mol. The number of nitrogens with zero attached hydrogens (tertiary/aromatic N) is 3. The van der Waals surface area contributed by atoms with Gasteiger partial charge in [0.2, 0.25) is 0 Å². The van der Waals surface area contributed by atoms with E-state index in [0.717, 1.165) is 37.8 Å². The molecule has 4 fully saturated rings. The standard InChI is InChI=1S/C22H32N4O3/c1-2-24-14-22(15-24)10-17(11-22)23-20(27)19-9-8-18-12-25(19)21(28)26(18)29-13-16-6-4-3-5-7-16/h3-7,17-20,23,27H,2,8-15H2,1H3/t18-,19+,20?/m1/s1. The second kappa shape index (κ2) is 7.54. The molecule has 29 heavy (non-hydrogen) atoms. The van der Waals surface area contributed by atoms with Gasteiger partial charge >= 0.3 is 6.03 Å². The van der Waals surface area contributed by atoms with Crippen molar-refractivity contribution in [3.63, 3.8) is 0 Å². The number of hydroxylamine groups is 2. The maximum absolute atomic E-state index is 12.9. The van der Waals surface area contributed by atoms with Gasteiger partial charge in [0.25, 0.3) is 0 Å². The summed E-state index contributed by atoms with van der Waals surface area (Å²) in [5.41, 5.74) is 1.53. The molecule has 7 heteroatoms. The summed E-state index contributed by atoms with van der Waals surface area (Å²) in [4.78, 5) is 23.0. The summed E-state index contributed by atoms with van der Waals surface area (Å²) in [5, 5.41) is 15.8. The Morgan fingerprint density at radius 1 is 1.24 bits per heavy atom. The molecular formula is C22H32N4O3. The third kappa shape index (κ3) is 3.54. The van der Waals surface area contributed by atoms with Crippen molar-refractivity contribution >= 4 is 6.03 Å². The first kappa shape index (κ1) is 19.3. The van der Waals surface area contributed by atoms with E-state index in [9.17, 15) is 9.90 Å². The molecular weight excluding hydrogens is 368 g/mol. The van der Waals surface area contributed by atoms with Crippen molar-refractivity contribution in [2.24, 2.45) is 5.41 Å². The van der Waals surface area contributed by atoms with Crippen molar-refractivity contribution in [3.8, 4) is 0 Å². The van der Waals surface area contributed by atoms with Crippen molar-refractivity contribution in [2.45, 2.75) is 63.6 Å². The summed E-state index contributed by atoms with van der Waals surface area (Å²) in [6.07, 6.45) is 3.27. The molecule has 1 saturated carbocycles. The lowest BCUT2D eigenvalue weighted by Crippen LogP contribution is -2.67. The Morgan fingerprint density at radius 3 is 2.72 bits per heavy atom. The summed E-state index contributed by atoms with van der Waals surface area (Å²) >= 11 is 0. The zero-order valence-electron chi connectivity index (χ0n) is 17.2. The highest BCUT2D eigenvalue weighted by molar-refractivity contribution is 5.77. The fourth-order valence-corrected chi connectivity index (χ4v) is 5.71. The van der Waals surface area contributed by atoms with Crippen LogP contribution < -0.4 is 5.32 Å². The Morgan fingerprint density at radius 2 is 2.00 bits per heavy atom. The molecule has 1 unspecified atom stereocenters. The van der Waals surface area contributed by atoms with Crippen molar-refractivity contribution in [3.05, 3.63) is 35.9 Å². The number of likely N-dealkylation sites (tertiary alicyclic amines) is 1. The van der Waals surface area contributed by atoms with Crippen LogP contribution in [0.1, 0.15) is 38.2 Å². The molecule has 0 radical (unpaired) electrons. The van der Waals surface area contributed by atoms with Crippen LogP contribution in [0.15, 0.2) is 30.3 Å². The Bertz CT molecular complexity index is 731. The van der Waals surface area contributed by atoms with Crippen LogP contribution in [-0.4, -0.2) is 76.5 Å². The Kier molecular flexibility index (Phi) is 5.02. The van der Waals surface area contributed by atoms with Crippen LogP contribution in [-0.2, 0) is 11.4 Å². The first-order valence-corrected chi connectivity index (χ1v) is 11.0. The van der Waals surface area contributed by atoms with Crippen LogP contribution in [0.5, 0.6) is 0 Å². The van der Waals surface area contributed by atoms with E-state index in [1.165, 1.54) is 18.2 Å². The van der Waals surface area contributed by atoms with Gasteiger partial charge in [-0.2, -0.15) is 5.06 Å². The average Bonchev–Trinajstić information content (AvgIpc) is 2.92. The number of piperidine rings is 1. The third-order valence-corrected chi connectivity index (χ3v) is 7.28. The number of rotatable bonds is 7. The number of fused-ring (bicyclic) bond motifs is 2. The van der Waals surface area contributed by atoms with E-state index < -0.39 is 6.23 Å². The second-order valence-electron chi connectivity index (χ2n) is 9.34. The second-order valence-corrected chi connectivity index (χ2v) is 9.34. The van der Waals surface area contributed by atoms with Crippen LogP contribution in [0.2, 0.25) is 0 Å². The molecule has 1 aromatic rings. The molecule has 3 saturated heterocycles. The van der Waals surface area contributed by atoms with Crippen LogP contribution in [0.3, 0.4) is 0 Å². The van der Waals surface area contributed by atoms with Crippen LogP contribution in [0.4, 0.5) is 4.79 Å². The fourth-order valence-electron chi connectivity index (χ4n) is 5.71. The van der Waals surface area contributed by atoms with E-state index in [-0.39, 0.29) is 18.1 Å². The number of amides is 2. The molecule has 3 heterocycles. The van der Waals surface area contributed by atoms with Gasteiger partial charge in [-0.05, 0) is 43.2 Å². The number of hydrogen-bond donors (Lipinski definition) is 2. The highest BCUT2D eigenvalue weighted by Gasteiger charge is 2.53. The lowest BCUT2D eigenvalue weighted by molar-refractivity contribution is -0.140. The molecule has 4 aliphatic rings. The molecule has 5 rings (SSSR count). The monoisotopic (exact) mass is 400 g/mol. The summed E-state index contributed by atoms with van der Waals surface area (Å²) in [7, 11) is 0. The van der Waals surface area contributed by atoms with Crippen molar-refractivity contribution in [1.82, 2.24) is 20.2 Å². The predicted octanol–water partition coefficient (Wildman–Crippen LogP) is 1.78. The van der Waals surface area contributed by atoms with Gasteiger partial charge < -0.3 is 14.9 Å². The van der Waals surface area contributed by atoms with Gasteiger partial charge in [0, 0.05) is 25.7 Å². The number of nitrogens with one attached hydrogen (secondary N) is 1. The topological polar surface area (TPSA) is 68.3 Å². The van der Waals surface area contributed by atoms with Gasteiger partial charge in [-0.25, -0.2) is 4.79 Å². The van der Waals surface area contributed by atoms with E-state index in [4.69, 9.17) is 4.84 Å². The van der Waals surface area contributed by atoms with Gasteiger partial charge in [-0.1, -0.05) is 37.3 Å². The minimum Gasteiger partial charge on any atom is -0.376 e. The number of aliphatic hydroxyl groups is 1. The lowest BCUT2D eigenvalue weighted by Gasteiger charge is -2.59. The van der Waals surface area contributed by atoms with Gasteiger partial charge in [-0.3, -0.25) is 10.2 Å². The van der Waals surface area contributed by atoms with Crippen molar-refractivity contribution < 1.29 is 14.7 Å². The summed E-state index contributed by atoms with van der Waals surface area (Å²) < 4.78 is 0. The van der Waals surface area contributed by atoms with Gasteiger partial charge in [0.05, 0.1) is 12.1 Å². The Labute approximate surface area is 172 Å². The van der Waals surface area contributed by atoms with Crippen LogP contribution >= 0.6 is 0 Å². The molecule has 3 aliphatic heterocycles.